The zero-order valence-electron chi connectivity index (χ0n) is 9.32. The Balaban J connectivity index is 2.70. The average molecular weight is 229 g/mol. The predicted octanol–water partition coefficient (Wildman–Crippen LogP) is 2.39. The van der Waals surface area contributed by atoms with Crippen LogP contribution in [-0.2, 0) is 4.79 Å². The van der Waals surface area contributed by atoms with Gasteiger partial charge in [-0.1, -0.05) is 30.9 Å². The number of hydrogen-bond acceptors (Lipinski definition) is 3. The minimum Gasteiger partial charge on any atom is -0.421 e. The number of rotatable bonds is 2. The number of amides is 1. The molecule has 0 aliphatic rings. The van der Waals surface area contributed by atoms with Crippen LogP contribution in [0.5, 0.6) is 0 Å². The van der Waals surface area contributed by atoms with E-state index >= 15 is 0 Å². The molecule has 1 N–H and O–H groups in total. The lowest BCUT2D eigenvalue weighted by molar-refractivity contribution is -0.114. The molecule has 4 heteroatoms. The van der Waals surface area contributed by atoms with Gasteiger partial charge < -0.3 is 9.73 Å². The molecule has 2 aromatic rings. The highest BCUT2D eigenvalue weighted by atomic mass is 16.4. The second-order valence-corrected chi connectivity index (χ2v) is 3.60. The van der Waals surface area contributed by atoms with E-state index in [9.17, 15) is 9.59 Å². The van der Waals surface area contributed by atoms with Gasteiger partial charge in [-0.2, -0.15) is 0 Å². The quantitative estimate of drug-likeness (QED) is 0.804. The van der Waals surface area contributed by atoms with Crippen LogP contribution in [0, 0.1) is 0 Å². The van der Waals surface area contributed by atoms with E-state index in [-0.39, 0.29) is 11.6 Å². The lowest BCUT2D eigenvalue weighted by Crippen LogP contribution is -2.14. The highest BCUT2D eigenvalue weighted by Crippen LogP contribution is 2.20. The van der Waals surface area contributed by atoms with Crippen molar-refractivity contribution in [2.24, 2.45) is 0 Å². The topological polar surface area (TPSA) is 59.3 Å². The Morgan fingerprint density at radius 3 is 2.88 bits per heavy atom. The maximum absolute atomic E-state index is 11.6. The lowest BCUT2D eigenvalue weighted by Gasteiger charge is -2.04. The smallest absolute Gasteiger partial charge is 0.360 e. The van der Waals surface area contributed by atoms with Gasteiger partial charge in [0, 0.05) is 17.9 Å². The fourth-order valence-corrected chi connectivity index (χ4v) is 1.60. The molecule has 0 fully saturated rings. The van der Waals surface area contributed by atoms with E-state index in [1.807, 2.05) is 6.07 Å². The third kappa shape index (κ3) is 2.10. The summed E-state index contributed by atoms with van der Waals surface area (Å²) in [5.41, 5.74) is 0.795. The molecule has 4 nitrogen and oxygen atoms in total. The van der Waals surface area contributed by atoms with Gasteiger partial charge in [0.05, 0.1) is 0 Å². The second-order valence-electron chi connectivity index (χ2n) is 3.60. The van der Waals surface area contributed by atoms with Crippen molar-refractivity contribution in [3.8, 4) is 0 Å². The highest BCUT2D eigenvalue weighted by Gasteiger charge is 2.08. The first-order chi connectivity index (χ1) is 8.11. The summed E-state index contributed by atoms with van der Waals surface area (Å²) in [6, 6.07) is 7.03. The minimum atomic E-state index is -0.568. The van der Waals surface area contributed by atoms with E-state index in [1.165, 1.54) is 6.92 Å². The molecule has 0 bridgehead atoms. The fourth-order valence-electron chi connectivity index (χ4n) is 1.60. The number of para-hydroxylation sites is 1. The normalized spacial score (nSPS) is 10.2. The zero-order chi connectivity index (χ0) is 12.4. The molecule has 17 heavy (non-hydrogen) atoms. The number of carbonyl (C=O) groups is 1. The molecule has 0 radical (unpaired) electrons. The number of benzene rings is 1. The standard InChI is InChI=1S/C13H11NO3/c1-3-9-5-4-6-10-7-11(14-8(2)15)13(16)17-12(9)10/h3-7H,1H2,2H3,(H,14,15). The van der Waals surface area contributed by atoms with Gasteiger partial charge >= 0.3 is 5.63 Å². The van der Waals surface area contributed by atoms with Crippen molar-refractivity contribution >= 4 is 28.6 Å². The summed E-state index contributed by atoms with van der Waals surface area (Å²) in [6.07, 6.45) is 1.61. The Morgan fingerprint density at radius 1 is 1.47 bits per heavy atom. The first kappa shape index (κ1) is 11.1. The van der Waals surface area contributed by atoms with Gasteiger partial charge in [-0.3, -0.25) is 4.79 Å². The largest absolute Gasteiger partial charge is 0.421 e. The number of fused-ring (bicyclic) bond motifs is 1. The van der Waals surface area contributed by atoms with Gasteiger partial charge in [0.15, 0.2) is 0 Å². The van der Waals surface area contributed by atoms with Crippen LogP contribution in [0.15, 0.2) is 40.1 Å². The van der Waals surface area contributed by atoms with Crippen LogP contribution < -0.4 is 10.9 Å². The SMILES string of the molecule is C=Cc1cccc2cc(NC(C)=O)c(=O)oc12. The van der Waals surface area contributed by atoms with E-state index in [1.54, 1.807) is 24.3 Å². The molecule has 86 valence electrons. The number of anilines is 1. The number of carbonyl (C=O) groups excluding carboxylic acids is 1. The summed E-state index contributed by atoms with van der Waals surface area (Å²) in [5.74, 6) is -0.309. The maximum Gasteiger partial charge on any atom is 0.360 e. The van der Waals surface area contributed by atoms with Gasteiger partial charge in [-0.05, 0) is 6.07 Å². The molecule has 0 aliphatic heterocycles. The Morgan fingerprint density at radius 2 is 2.24 bits per heavy atom. The summed E-state index contributed by atoms with van der Waals surface area (Å²) in [4.78, 5) is 22.5. The van der Waals surface area contributed by atoms with Crippen molar-refractivity contribution in [1.82, 2.24) is 0 Å². The van der Waals surface area contributed by atoms with Gasteiger partial charge in [0.25, 0.3) is 0 Å². The van der Waals surface area contributed by atoms with Crippen LogP contribution >= 0.6 is 0 Å². The van der Waals surface area contributed by atoms with Crippen LogP contribution in [0.2, 0.25) is 0 Å². The Hall–Kier alpha value is -2.36. The van der Waals surface area contributed by atoms with Gasteiger partial charge in [0.1, 0.15) is 11.3 Å². The summed E-state index contributed by atoms with van der Waals surface area (Å²) in [6.45, 7) is 4.99. The molecule has 1 aromatic carbocycles. The van der Waals surface area contributed by atoms with Crippen LogP contribution in [0.25, 0.3) is 17.0 Å². The predicted molar refractivity (Wildman–Crippen MR) is 66.9 cm³/mol. The molecule has 0 saturated heterocycles. The van der Waals surface area contributed by atoms with E-state index in [0.717, 1.165) is 10.9 Å². The average Bonchev–Trinajstić information content (AvgIpc) is 2.29. The molecule has 1 heterocycles. The molecular formula is C13H11NO3. The maximum atomic E-state index is 11.6. The third-order valence-electron chi connectivity index (χ3n) is 2.32. The molecule has 1 aromatic heterocycles. The number of hydrogen-bond donors (Lipinski definition) is 1. The first-order valence-electron chi connectivity index (χ1n) is 5.08. The molecule has 2 rings (SSSR count). The van der Waals surface area contributed by atoms with Crippen molar-refractivity contribution in [1.29, 1.82) is 0 Å². The van der Waals surface area contributed by atoms with Gasteiger partial charge in [-0.25, -0.2) is 4.79 Å². The Bertz CT molecular complexity index is 655. The second kappa shape index (κ2) is 4.25. The Kier molecular flexibility index (Phi) is 2.78. The van der Waals surface area contributed by atoms with Gasteiger partial charge in [0.2, 0.25) is 5.91 Å². The van der Waals surface area contributed by atoms with E-state index < -0.39 is 5.63 Å². The van der Waals surface area contributed by atoms with Crippen LogP contribution in [-0.4, -0.2) is 5.91 Å². The van der Waals surface area contributed by atoms with Crippen molar-refractivity contribution in [2.45, 2.75) is 6.92 Å². The van der Waals surface area contributed by atoms with Crippen LogP contribution in [0.1, 0.15) is 12.5 Å². The van der Waals surface area contributed by atoms with Crippen molar-refractivity contribution in [3.05, 3.63) is 46.8 Å². The molecule has 1 amide bonds. The van der Waals surface area contributed by atoms with E-state index in [0.29, 0.717) is 5.58 Å². The highest BCUT2D eigenvalue weighted by molar-refractivity contribution is 5.92. The number of nitrogens with one attached hydrogen (secondary N) is 1. The summed E-state index contributed by atoms with van der Waals surface area (Å²) in [5, 5.41) is 3.17. The third-order valence-corrected chi connectivity index (χ3v) is 2.32. The molecule has 0 aliphatic carbocycles. The van der Waals surface area contributed by atoms with Crippen LogP contribution in [0.3, 0.4) is 0 Å². The van der Waals surface area contributed by atoms with Crippen LogP contribution in [0.4, 0.5) is 5.69 Å². The molecule has 0 spiro atoms. The van der Waals surface area contributed by atoms with E-state index in [2.05, 4.69) is 11.9 Å². The Labute approximate surface area is 97.6 Å². The van der Waals surface area contributed by atoms with Crippen molar-refractivity contribution in [2.75, 3.05) is 5.32 Å². The summed E-state index contributed by atoms with van der Waals surface area (Å²) in [7, 11) is 0. The fraction of sp³-hybridized carbons (Fsp3) is 0.0769. The molecule has 0 atom stereocenters. The molecule has 0 unspecified atom stereocenters. The monoisotopic (exact) mass is 229 g/mol. The summed E-state index contributed by atoms with van der Waals surface area (Å²) >= 11 is 0. The minimum absolute atomic E-state index is 0.145. The molecule has 0 saturated carbocycles. The zero-order valence-corrected chi connectivity index (χ0v) is 9.32. The van der Waals surface area contributed by atoms with Crippen molar-refractivity contribution < 1.29 is 9.21 Å². The van der Waals surface area contributed by atoms with Gasteiger partial charge in [-0.15, -0.1) is 0 Å². The first-order valence-corrected chi connectivity index (χ1v) is 5.08. The lowest BCUT2D eigenvalue weighted by atomic mass is 10.1. The van der Waals surface area contributed by atoms with Crippen molar-refractivity contribution in [3.63, 3.8) is 0 Å². The summed E-state index contributed by atoms with van der Waals surface area (Å²) < 4.78 is 5.17. The van der Waals surface area contributed by atoms with E-state index in [4.69, 9.17) is 4.42 Å². The molecular weight excluding hydrogens is 218 g/mol.